The Labute approximate surface area is 150 Å². The molecular formula is C22H26N2O. The third-order valence-corrected chi connectivity index (χ3v) is 4.36. The fourth-order valence-electron chi connectivity index (χ4n) is 2.99. The Balaban J connectivity index is 1.43. The Bertz CT molecular complexity index is 760. The summed E-state index contributed by atoms with van der Waals surface area (Å²) in [4.78, 5) is 7.66. The summed E-state index contributed by atoms with van der Waals surface area (Å²) in [6.45, 7) is 5.79. The van der Waals surface area contributed by atoms with Crippen molar-refractivity contribution in [2.75, 3.05) is 6.61 Å². The molecule has 25 heavy (non-hydrogen) atoms. The summed E-state index contributed by atoms with van der Waals surface area (Å²) in [5.74, 6) is 0.488. The monoisotopic (exact) mass is 334 g/mol. The summed E-state index contributed by atoms with van der Waals surface area (Å²) in [5, 5.41) is 0. The van der Waals surface area contributed by atoms with Crippen molar-refractivity contribution >= 4 is 0 Å². The van der Waals surface area contributed by atoms with Gasteiger partial charge in [0.1, 0.15) is 0 Å². The molecule has 0 saturated heterocycles. The molecule has 0 aliphatic heterocycles. The predicted octanol–water partition coefficient (Wildman–Crippen LogP) is 5.35. The molecule has 3 nitrogen and oxygen atoms in total. The van der Waals surface area contributed by atoms with Crippen molar-refractivity contribution in [2.45, 2.75) is 39.2 Å². The summed E-state index contributed by atoms with van der Waals surface area (Å²) >= 11 is 0. The van der Waals surface area contributed by atoms with E-state index in [4.69, 9.17) is 4.74 Å². The second kappa shape index (κ2) is 8.63. The number of rotatable bonds is 8. The van der Waals surface area contributed by atoms with E-state index in [9.17, 15) is 0 Å². The number of benzene rings is 2. The first kappa shape index (κ1) is 17.4. The number of hydrogen-bond donors (Lipinski definition) is 1. The molecule has 0 aliphatic rings. The second-order valence-electron chi connectivity index (χ2n) is 6.64. The van der Waals surface area contributed by atoms with Crippen LogP contribution in [0.2, 0.25) is 0 Å². The zero-order valence-electron chi connectivity index (χ0n) is 15.0. The van der Waals surface area contributed by atoms with E-state index in [0.717, 1.165) is 19.4 Å². The Hall–Kier alpha value is -2.39. The van der Waals surface area contributed by atoms with Gasteiger partial charge in [-0.25, -0.2) is 4.98 Å². The zero-order chi connectivity index (χ0) is 17.5. The lowest BCUT2D eigenvalue weighted by Gasteiger charge is -2.07. The Morgan fingerprint density at radius 3 is 2.40 bits per heavy atom. The Kier molecular flexibility index (Phi) is 6.02. The summed E-state index contributed by atoms with van der Waals surface area (Å²) in [7, 11) is 0. The fraction of sp³-hybridized carbons (Fsp3) is 0.318. The standard InChI is InChI=1S/C22H26N2O/c1-17(2)22-21(23-16-24-22)9-6-14-25-15-18-10-12-20(13-11-18)19-7-4-3-5-8-19/h3-5,7-8,10-13,16-17H,6,9,14-15H2,1-2H3,(H,23,24). The van der Waals surface area contributed by atoms with Crippen LogP contribution in [-0.4, -0.2) is 16.6 Å². The minimum absolute atomic E-state index is 0.488. The average molecular weight is 334 g/mol. The first-order valence-electron chi connectivity index (χ1n) is 8.98. The lowest BCUT2D eigenvalue weighted by Crippen LogP contribution is -2.00. The number of imidazole rings is 1. The van der Waals surface area contributed by atoms with Gasteiger partial charge in [-0.2, -0.15) is 0 Å². The Morgan fingerprint density at radius 2 is 1.68 bits per heavy atom. The van der Waals surface area contributed by atoms with Crippen molar-refractivity contribution < 1.29 is 4.74 Å². The third kappa shape index (κ3) is 4.80. The van der Waals surface area contributed by atoms with E-state index in [0.29, 0.717) is 12.5 Å². The van der Waals surface area contributed by atoms with Crippen molar-refractivity contribution in [3.8, 4) is 11.1 Å². The largest absolute Gasteiger partial charge is 0.377 e. The summed E-state index contributed by atoms with van der Waals surface area (Å²) in [5.41, 5.74) is 6.11. The molecule has 3 rings (SSSR count). The summed E-state index contributed by atoms with van der Waals surface area (Å²) in [6, 6.07) is 19.0. The normalized spacial score (nSPS) is 11.2. The van der Waals surface area contributed by atoms with Crippen LogP contribution in [0.3, 0.4) is 0 Å². The zero-order valence-corrected chi connectivity index (χ0v) is 15.0. The van der Waals surface area contributed by atoms with Gasteiger partial charge in [0.2, 0.25) is 0 Å². The van der Waals surface area contributed by atoms with Crippen LogP contribution in [0.1, 0.15) is 43.1 Å². The molecule has 0 radical (unpaired) electrons. The Morgan fingerprint density at radius 1 is 0.960 bits per heavy atom. The highest BCUT2D eigenvalue weighted by Gasteiger charge is 2.08. The van der Waals surface area contributed by atoms with E-state index in [-0.39, 0.29) is 0 Å². The number of nitrogens with one attached hydrogen (secondary N) is 1. The molecule has 1 N–H and O–H groups in total. The maximum Gasteiger partial charge on any atom is 0.0925 e. The summed E-state index contributed by atoms with van der Waals surface area (Å²) < 4.78 is 5.83. The van der Waals surface area contributed by atoms with Crippen molar-refractivity contribution in [2.24, 2.45) is 0 Å². The molecule has 0 saturated carbocycles. The van der Waals surface area contributed by atoms with Gasteiger partial charge in [-0.15, -0.1) is 0 Å². The number of H-pyrrole nitrogens is 1. The molecule has 0 atom stereocenters. The van der Waals surface area contributed by atoms with Gasteiger partial charge in [-0.1, -0.05) is 68.4 Å². The van der Waals surface area contributed by atoms with Crippen LogP contribution in [0, 0.1) is 0 Å². The molecule has 0 unspecified atom stereocenters. The molecule has 1 heterocycles. The van der Waals surface area contributed by atoms with Crippen LogP contribution in [0.15, 0.2) is 60.9 Å². The molecule has 3 aromatic rings. The van der Waals surface area contributed by atoms with Gasteiger partial charge in [0.05, 0.1) is 18.6 Å². The topological polar surface area (TPSA) is 37.9 Å². The highest BCUT2D eigenvalue weighted by atomic mass is 16.5. The van der Waals surface area contributed by atoms with Gasteiger partial charge < -0.3 is 9.72 Å². The molecule has 0 amide bonds. The van der Waals surface area contributed by atoms with Gasteiger partial charge in [0, 0.05) is 12.3 Å². The van der Waals surface area contributed by atoms with Crippen LogP contribution < -0.4 is 0 Å². The molecule has 0 aliphatic carbocycles. The van der Waals surface area contributed by atoms with Crippen LogP contribution >= 0.6 is 0 Å². The molecule has 1 aromatic heterocycles. The number of aromatic amines is 1. The molecule has 2 aromatic carbocycles. The number of aryl methyl sites for hydroxylation is 1. The van der Waals surface area contributed by atoms with E-state index in [1.807, 2.05) is 6.07 Å². The number of ether oxygens (including phenoxy) is 1. The highest BCUT2D eigenvalue weighted by molar-refractivity contribution is 5.63. The SMILES string of the molecule is CC(C)c1[nH]cnc1CCCOCc1ccc(-c2ccccc2)cc1. The quantitative estimate of drug-likeness (QED) is 0.564. The lowest BCUT2D eigenvalue weighted by molar-refractivity contribution is 0.118. The lowest BCUT2D eigenvalue weighted by atomic mass is 10.0. The highest BCUT2D eigenvalue weighted by Crippen LogP contribution is 2.20. The van der Waals surface area contributed by atoms with E-state index in [1.54, 1.807) is 6.33 Å². The van der Waals surface area contributed by atoms with E-state index < -0.39 is 0 Å². The van der Waals surface area contributed by atoms with Crippen molar-refractivity contribution in [3.05, 3.63) is 77.9 Å². The predicted molar refractivity (Wildman–Crippen MR) is 103 cm³/mol. The van der Waals surface area contributed by atoms with Crippen LogP contribution in [0.25, 0.3) is 11.1 Å². The van der Waals surface area contributed by atoms with Crippen LogP contribution in [0.4, 0.5) is 0 Å². The molecular weight excluding hydrogens is 308 g/mol. The second-order valence-corrected chi connectivity index (χ2v) is 6.64. The van der Waals surface area contributed by atoms with Gasteiger partial charge in [0.25, 0.3) is 0 Å². The van der Waals surface area contributed by atoms with Gasteiger partial charge >= 0.3 is 0 Å². The van der Waals surface area contributed by atoms with Gasteiger partial charge in [-0.05, 0) is 35.4 Å². The number of nitrogens with zero attached hydrogens (tertiary/aromatic N) is 1. The van der Waals surface area contributed by atoms with E-state index in [1.165, 1.54) is 28.1 Å². The maximum atomic E-state index is 5.83. The third-order valence-electron chi connectivity index (χ3n) is 4.36. The van der Waals surface area contributed by atoms with Gasteiger partial charge in [-0.3, -0.25) is 0 Å². The number of hydrogen-bond acceptors (Lipinski definition) is 2. The van der Waals surface area contributed by atoms with Crippen molar-refractivity contribution in [3.63, 3.8) is 0 Å². The summed E-state index contributed by atoms with van der Waals surface area (Å²) in [6.07, 6.45) is 3.75. The average Bonchev–Trinajstić information content (AvgIpc) is 3.12. The first-order chi connectivity index (χ1) is 12.2. The maximum absolute atomic E-state index is 5.83. The smallest absolute Gasteiger partial charge is 0.0925 e. The van der Waals surface area contributed by atoms with E-state index >= 15 is 0 Å². The van der Waals surface area contributed by atoms with Crippen LogP contribution in [0.5, 0.6) is 0 Å². The molecule has 130 valence electrons. The van der Waals surface area contributed by atoms with Gasteiger partial charge in [0.15, 0.2) is 0 Å². The fourth-order valence-corrected chi connectivity index (χ4v) is 2.99. The minimum Gasteiger partial charge on any atom is -0.377 e. The first-order valence-corrected chi connectivity index (χ1v) is 8.98. The van der Waals surface area contributed by atoms with Crippen LogP contribution in [-0.2, 0) is 17.8 Å². The molecule has 0 spiro atoms. The van der Waals surface area contributed by atoms with E-state index in [2.05, 4.69) is 72.3 Å². The minimum atomic E-state index is 0.488. The molecule has 0 bridgehead atoms. The van der Waals surface area contributed by atoms with Crippen molar-refractivity contribution in [1.29, 1.82) is 0 Å². The number of aromatic nitrogens is 2. The molecule has 0 fully saturated rings. The molecule has 3 heteroatoms. The van der Waals surface area contributed by atoms with Crippen molar-refractivity contribution in [1.82, 2.24) is 9.97 Å².